The molecule has 0 aliphatic heterocycles. The third-order valence-corrected chi connectivity index (χ3v) is 2.82. The quantitative estimate of drug-likeness (QED) is 0.827. The number of aryl methyl sites for hydroxylation is 1. The summed E-state index contributed by atoms with van der Waals surface area (Å²) >= 11 is 5.90. The van der Waals surface area contributed by atoms with Gasteiger partial charge in [0.2, 0.25) is 0 Å². The first-order chi connectivity index (χ1) is 9.61. The third kappa shape index (κ3) is 3.18. The van der Waals surface area contributed by atoms with Crippen LogP contribution in [0.25, 0.3) is 0 Å². The fourth-order valence-corrected chi connectivity index (χ4v) is 1.80. The number of nitrogens with zero attached hydrogens (tertiary/aromatic N) is 2. The molecule has 1 aromatic carbocycles. The number of aromatic nitrogens is 2. The van der Waals surface area contributed by atoms with Gasteiger partial charge in [-0.1, -0.05) is 23.4 Å². The Bertz CT molecular complexity index is 698. The molecular weight excluding hydrogens is 278 g/mol. The second-order valence-electron chi connectivity index (χ2n) is 3.99. The fourth-order valence-electron chi connectivity index (χ4n) is 1.63. The van der Waals surface area contributed by atoms with Crippen molar-refractivity contribution in [3.8, 4) is 11.8 Å². The summed E-state index contributed by atoms with van der Waals surface area (Å²) in [6.45, 7) is -0.262. The highest BCUT2D eigenvalue weighted by Crippen LogP contribution is 2.20. The lowest BCUT2D eigenvalue weighted by atomic mass is 10.1. The summed E-state index contributed by atoms with van der Waals surface area (Å²) in [5.74, 6) is 4.98. The molecule has 2 rings (SSSR count). The van der Waals surface area contributed by atoms with Gasteiger partial charge in [-0.25, -0.2) is 4.98 Å². The van der Waals surface area contributed by atoms with Gasteiger partial charge in [-0.15, -0.1) is 0 Å². The average molecular weight is 290 g/mol. The Labute approximate surface area is 121 Å². The van der Waals surface area contributed by atoms with Crippen LogP contribution in [0.15, 0.2) is 30.7 Å². The lowest BCUT2D eigenvalue weighted by molar-refractivity contribution is 0.101. The second kappa shape index (κ2) is 6.24. The molecule has 0 saturated carbocycles. The number of hydrogen-bond acceptors (Lipinski definition) is 3. The van der Waals surface area contributed by atoms with E-state index in [9.17, 15) is 4.79 Å². The third-order valence-electron chi connectivity index (χ3n) is 2.58. The van der Waals surface area contributed by atoms with Crippen molar-refractivity contribution in [2.24, 2.45) is 7.05 Å². The molecule has 20 heavy (non-hydrogen) atoms. The van der Waals surface area contributed by atoms with E-state index >= 15 is 0 Å². The van der Waals surface area contributed by atoms with Crippen LogP contribution in [0.3, 0.4) is 0 Å². The van der Waals surface area contributed by atoms with Crippen molar-refractivity contribution in [1.82, 2.24) is 9.55 Å². The van der Waals surface area contributed by atoms with Crippen molar-refractivity contribution in [2.75, 3.05) is 11.9 Å². The zero-order valence-electron chi connectivity index (χ0n) is 10.7. The maximum atomic E-state index is 12.1. The molecule has 2 aromatic rings. The summed E-state index contributed by atoms with van der Waals surface area (Å²) < 4.78 is 1.62. The zero-order valence-corrected chi connectivity index (χ0v) is 11.5. The number of amides is 1. The van der Waals surface area contributed by atoms with Gasteiger partial charge in [0.25, 0.3) is 5.91 Å². The minimum atomic E-state index is -0.292. The standard InChI is InChI=1S/C14H12ClN3O2/c1-18-9-16-8-13(18)14(20)17-12-5-4-11(15)7-10(12)3-2-6-19/h4-5,7-9,19H,6H2,1H3,(H,17,20). The Balaban J connectivity index is 2.29. The van der Waals surface area contributed by atoms with Gasteiger partial charge in [-0.05, 0) is 18.2 Å². The summed E-state index contributed by atoms with van der Waals surface area (Å²) in [5, 5.41) is 12.0. The molecule has 0 aliphatic carbocycles. The lowest BCUT2D eigenvalue weighted by Gasteiger charge is -2.08. The number of benzene rings is 1. The van der Waals surface area contributed by atoms with Crippen molar-refractivity contribution in [1.29, 1.82) is 0 Å². The van der Waals surface area contributed by atoms with E-state index in [1.807, 2.05) is 0 Å². The number of aliphatic hydroxyl groups is 1. The van der Waals surface area contributed by atoms with Crippen LogP contribution in [0.5, 0.6) is 0 Å². The van der Waals surface area contributed by atoms with E-state index in [2.05, 4.69) is 22.1 Å². The van der Waals surface area contributed by atoms with E-state index in [1.54, 1.807) is 36.1 Å². The molecule has 0 unspecified atom stereocenters. The largest absolute Gasteiger partial charge is 0.384 e. The Morgan fingerprint density at radius 1 is 1.55 bits per heavy atom. The number of carbonyl (C=O) groups excluding carboxylic acids is 1. The van der Waals surface area contributed by atoms with E-state index in [-0.39, 0.29) is 12.5 Å². The van der Waals surface area contributed by atoms with Crippen molar-refractivity contribution in [3.05, 3.63) is 47.0 Å². The minimum Gasteiger partial charge on any atom is -0.384 e. The average Bonchev–Trinajstić information content (AvgIpc) is 2.85. The van der Waals surface area contributed by atoms with Crippen LogP contribution < -0.4 is 5.32 Å². The van der Waals surface area contributed by atoms with E-state index in [0.29, 0.717) is 22.0 Å². The number of imidazole rings is 1. The highest BCUT2D eigenvalue weighted by molar-refractivity contribution is 6.30. The first-order valence-electron chi connectivity index (χ1n) is 5.79. The molecule has 0 atom stereocenters. The topological polar surface area (TPSA) is 67.2 Å². The first-order valence-corrected chi connectivity index (χ1v) is 6.16. The van der Waals surface area contributed by atoms with Crippen LogP contribution in [0.4, 0.5) is 5.69 Å². The molecule has 0 saturated heterocycles. The van der Waals surface area contributed by atoms with Crippen molar-refractivity contribution >= 4 is 23.2 Å². The monoisotopic (exact) mass is 289 g/mol. The summed E-state index contributed by atoms with van der Waals surface area (Å²) in [4.78, 5) is 16.0. The molecule has 0 aliphatic rings. The molecule has 0 bridgehead atoms. The van der Waals surface area contributed by atoms with E-state index in [4.69, 9.17) is 16.7 Å². The molecule has 0 radical (unpaired) electrons. The maximum absolute atomic E-state index is 12.1. The van der Waals surface area contributed by atoms with Crippen LogP contribution >= 0.6 is 11.6 Å². The van der Waals surface area contributed by atoms with E-state index in [1.165, 1.54) is 6.20 Å². The van der Waals surface area contributed by atoms with Gasteiger partial charge in [-0.2, -0.15) is 0 Å². The fraction of sp³-hybridized carbons (Fsp3) is 0.143. The van der Waals surface area contributed by atoms with Gasteiger partial charge < -0.3 is 15.0 Å². The molecule has 2 N–H and O–H groups in total. The molecule has 102 valence electrons. The van der Waals surface area contributed by atoms with Gasteiger partial charge in [0.05, 0.1) is 18.2 Å². The highest BCUT2D eigenvalue weighted by atomic mass is 35.5. The molecule has 1 amide bonds. The van der Waals surface area contributed by atoms with Gasteiger partial charge in [0.1, 0.15) is 12.3 Å². The smallest absolute Gasteiger partial charge is 0.273 e. The number of halogens is 1. The predicted octanol–water partition coefficient (Wildman–Crippen LogP) is 1.67. The Morgan fingerprint density at radius 2 is 2.35 bits per heavy atom. The Kier molecular flexibility index (Phi) is 4.41. The van der Waals surface area contributed by atoms with Crippen LogP contribution in [0.2, 0.25) is 5.02 Å². The van der Waals surface area contributed by atoms with Gasteiger partial charge in [0.15, 0.2) is 0 Å². The maximum Gasteiger partial charge on any atom is 0.273 e. The number of rotatable bonds is 2. The Hall–Kier alpha value is -2.29. The summed E-state index contributed by atoms with van der Waals surface area (Å²) in [6, 6.07) is 4.95. The van der Waals surface area contributed by atoms with Crippen LogP contribution in [-0.2, 0) is 7.05 Å². The molecule has 1 aromatic heterocycles. The predicted molar refractivity (Wildman–Crippen MR) is 76.6 cm³/mol. The highest BCUT2D eigenvalue weighted by Gasteiger charge is 2.11. The SMILES string of the molecule is Cn1cncc1C(=O)Nc1ccc(Cl)cc1C#CCO. The molecule has 5 nitrogen and oxygen atoms in total. The minimum absolute atomic E-state index is 0.262. The number of hydrogen-bond donors (Lipinski definition) is 2. The normalized spacial score (nSPS) is 9.75. The van der Waals surface area contributed by atoms with Crippen LogP contribution in [0.1, 0.15) is 16.1 Å². The van der Waals surface area contributed by atoms with E-state index < -0.39 is 0 Å². The first kappa shape index (κ1) is 14.1. The van der Waals surface area contributed by atoms with Crippen LogP contribution in [0, 0.1) is 11.8 Å². The summed E-state index contributed by atoms with van der Waals surface area (Å²) in [5.41, 5.74) is 1.50. The van der Waals surface area contributed by atoms with E-state index in [0.717, 1.165) is 0 Å². The van der Waals surface area contributed by atoms with Gasteiger partial charge >= 0.3 is 0 Å². The number of anilines is 1. The molecule has 0 fully saturated rings. The van der Waals surface area contributed by atoms with Crippen molar-refractivity contribution < 1.29 is 9.90 Å². The molecular formula is C14H12ClN3O2. The molecule has 6 heteroatoms. The van der Waals surface area contributed by atoms with Crippen LogP contribution in [-0.4, -0.2) is 27.2 Å². The summed E-state index contributed by atoms with van der Waals surface area (Å²) in [7, 11) is 1.73. The molecule has 1 heterocycles. The Morgan fingerprint density at radius 3 is 3.00 bits per heavy atom. The van der Waals surface area contributed by atoms with Crippen molar-refractivity contribution in [2.45, 2.75) is 0 Å². The van der Waals surface area contributed by atoms with Gasteiger partial charge in [0, 0.05) is 17.6 Å². The summed E-state index contributed by atoms with van der Waals surface area (Å²) in [6.07, 6.45) is 3.02. The lowest BCUT2D eigenvalue weighted by Crippen LogP contribution is -2.16. The number of aliphatic hydroxyl groups excluding tert-OH is 1. The van der Waals surface area contributed by atoms with Gasteiger partial charge in [-0.3, -0.25) is 4.79 Å². The number of carbonyl (C=O) groups is 1. The zero-order chi connectivity index (χ0) is 14.5. The number of nitrogens with one attached hydrogen (secondary N) is 1. The second-order valence-corrected chi connectivity index (χ2v) is 4.43. The molecule has 0 spiro atoms. The van der Waals surface area contributed by atoms with Crippen molar-refractivity contribution in [3.63, 3.8) is 0 Å².